The first-order valence-electron chi connectivity index (χ1n) is 5.30. The predicted octanol–water partition coefficient (Wildman–Crippen LogP) is 5.69. The van der Waals surface area contributed by atoms with E-state index in [0.29, 0.717) is 0 Å². The van der Waals surface area contributed by atoms with Crippen molar-refractivity contribution in [3.63, 3.8) is 0 Å². The number of hydrogen-bond acceptors (Lipinski definition) is 0. The van der Waals surface area contributed by atoms with E-state index < -0.39 is 54.4 Å². The van der Waals surface area contributed by atoms with Gasteiger partial charge < -0.3 is 0 Å². The van der Waals surface area contributed by atoms with E-state index in [0.717, 1.165) is 0 Å². The van der Waals surface area contributed by atoms with Crippen LogP contribution >= 0.6 is 0 Å². The van der Waals surface area contributed by atoms with Crippen LogP contribution in [0.2, 0.25) is 0 Å². The van der Waals surface area contributed by atoms with Gasteiger partial charge in [0.15, 0.2) is 0 Å². The molecule has 0 aromatic rings. The summed E-state index contributed by atoms with van der Waals surface area (Å²) in [4.78, 5) is 0. The summed E-state index contributed by atoms with van der Waals surface area (Å²) in [6.07, 6.45) is -25.3. The lowest BCUT2D eigenvalue weighted by Crippen LogP contribution is -2.61. The summed E-state index contributed by atoms with van der Waals surface area (Å²) in [5, 5.41) is 0. The van der Waals surface area contributed by atoms with Crippen LogP contribution in [0, 0.1) is 0 Å². The quantitative estimate of drug-likeness (QED) is 0.440. The van der Waals surface area contributed by atoms with Crippen molar-refractivity contribution < 1.29 is 57.1 Å². The van der Waals surface area contributed by atoms with E-state index in [1.807, 2.05) is 0 Å². The van der Waals surface area contributed by atoms with Gasteiger partial charge in [-0.3, -0.25) is 0 Å². The lowest BCUT2D eigenvalue weighted by atomic mass is 9.79. The van der Waals surface area contributed by atoms with Crippen molar-refractivity contribution in [1.82, 2.24) is 0 Å². The summed E-state index contributed by atoms with van der Waals surface area (Å²) in [5.41, 5.74) is -19.1. The zero-order chi connectivity index (χ0) is 19.2. The minimum atomic E-state index is -7.17. The van der Waals surface area contributed by atoms with E-state index in [9.17, 15) is 57.1 Å². The second-order valence-electron chi connectivity index (χ2n) is 4.51. The maximum Gasteiger partial charge on any atom is 0.435 e. The number of rotatable bonds is 3. The van der Waals surface area contributed by atoms with Gasteiger partial charge in [0.1, 0.15) is 0 Å². The Kier molecular flexibility index (Phi) is 5.43. The van der Waals surface area contributed by atoms with E-state index in [1.165, 1.54) is 0 Å². The molecule has 0 spiro atoms. The zero-order valence-corrected chi connectivity index (χ0v) is 11.0. The maximum absolute atomic E-state index is 13.7. The minimum Gasteiger partial charge on any atom is -0.229 e. The highest BCUT2D eigenvalue weighted by Gasteiger charge is 2.80. The Morgan fingerprint density at radius 1 is 0.652 bits per heavy atom. The molecular weight excluding hydrogens is 367 g/mol. The Balaban J connectivity index is 7.04. The Hall–Kier alpha value is -1.17. The van der Waals surface area contributed by atoms with Gasteiger partial charge in [0.2, 0.25) is 5.67 Å². The summed E-state index contributed by atoms with van der Waals surface area (Å²) in [7, 11) is 0. The fourth-order valence-electron chi connectivity index (χ4n) is 1.66. The summed E-state index contributed by atoms with van der Waals surface area (Å²) >= 11 is 0. The average Bonchev–Trinajstić information content (AvgIpc) is 2.23. The second-order valence-corrected chi connectivity index (χ2v) is 4.51. The van der Waals surface area contributed by atoms with Crippen LogP contribution < -0.4 is 0 Å². The van der Waals surface area contributed by atoms with Crippen molar-refractivity contribution >= 4 is 0 Å². The highest BCUT2D eigenvalue weighted by Crippen LogP contribution is 2.58. The first-order chi connectivity index (χ1) is 9.73. The summed E-state index contributed by atoms with van der Waals surface area (Å²) < 4.78 is 165. The van der Waals surface area contributed by atoms with Crippen LogP contribution in [0.4, 0.5) is 57.1 Å². The van der Waals surface area contributed by atoms with Crippen LogP contribution in [0.5, 0.6) is 0 Å². The number of halogens is 13. The largest absolute Gasteiger partial charge is 0.435 e. The smallest absolute Gasteiger partial charge is 0.229 e. The van der Waals surface area contributed by atoms with Crippen LogP contribution in [0.15, 0.2) is 11.1 Å². The summed E-state index contributed by atoms with van der Waals surface area (Å²) in [5.74, 6) is 0. The Labute approximate surface area is 119 Å². The molecule has 23 heavy (non-hydrogen) atoms. The number of alkyl halides is 13. The first kappa shape index (κ1) is 21.8. The molecule has 0 amide bonds. The van der Waals surface area contributed by atoms with Gasteiger partial charge in [-0.25, -0.2) is 17.6 Å². The van der Waals surface area contributed by atoms with E-state index in [-0.39, 0.29) is 6.92 Å². The van der Waals surface area contributed by atoms with Crippen LogP contribution in [0.1, 0.15) is 13.8 Å². The summed E-state index contributed by atoms with van der Waals surface area (Å²) in [6, 6.07) is 0. The van der Waals surface area contributed by atoms with Crippen LogP contribution in [0.3, 0.4) is 0 Å². The number of allylic oxidation sites excluding steroid dienone is 2. The van der Waals surface area contributed by atoms with Gasteiger partial charge in [-0.15, -0.1) is 0 Å². The van der Waals surface area contributed by atoms with Gasteiger partial charge in [0.05, 0.1) is 0 Å². The monoisotopic (exact) mass is 374 g/mol. The zero-order valence-electron chi connectivity index (χ0n) is 11.0. The average molecular weight is 374 g/mol. The van der Waals surface area contributed by atoms with Gasteiger partial charge in [0, 0.05) is 5.57 Å². The highest BCUT2D eigenvalue weighted by molar-refractivity contribution is 5.38. The molecular formula is C10H7F13. The third-order valence-electron chi connectivity index (χ3n) is 2.85. The molecule has 1 unspecified atom stereocenters. The van der Waals surface area contributed by atoms with Crippen molar-refractivity contribution in [2.75, 3.05) is 0 Å². The molecule has 138 valence electrons. The van der Waals surface area contributed by atoms with Crippen LogP contribution in [0.25, 0.3) is 0 Å². The van der Waals surface area contributed by atoms with Gasteiger partial charge in [-0.2, -0.15) is 39.5 Å². The molecule has 0 saturated carbocycles. The second kappa shape index (κ2) is 5.72. The lowest BCUT2D eigenvalue weighted by molar-refractivity contribution is -0.336. The molecule has 0 fully saturated rings. The molecule has 0 aliphatic heterocycles. The van der Waals surface area contributed by atoms with Crippen LogP contribution in [-0.2, 0) is 0 Å². The maximum atomic E-state index is 13.7. The topological polar surface area (TPSA) is 0 Å². The molecule has 0 aromatic heterocycles. The van der Waals surface area contributed by atoms with Crippen molar-refractivity contribution in [1.29, 1.82) is 0 Å². The van der Waals surface area contributed by atoms with Gasteiger partial charge in [-0.05, 0) is 19.4 Å². The van der Waals surface area contributed by atoms with Gasteiger partial charge in [-0.1, -0.05) is 0 Å². The molecule has 0 aromatic carbocycles. The Bertz CT molecular complexity index is 445. The predicted molar refractivity (Wildman–Crippen MR) is 50.2 cm³/mol. The highest BCUT2D eigenvalue weighted by atomic mass is 19.4. The van der Waals surface area contributed by atoms with Crippen molar-refractivity contribution in [3.8, 4) is 0 Å². The molecule has 0 aliphatic rings. The molecule has 0 rings (SSSR count). The fraction of sp³-hybridized carbons (Fsp3) is 0.800. The van der Waals surface area contributed by atoms with Gasteiger partial charge in [0.25, 0.3) is 6.43 Å². The summed E-state index contributed by atoms with van der Waals surface area (Å²) in [6.45, 7) is -1.25. The molecule has 0 bridgehead atoms. The minimum absolute atomic E-state index is 0.352. The van der Waals surface area contributed by atoms with Gasteiger partial charge >= 0.3 is 24.2 Å². The third kappa shape index (κ3) is 3.52. The standard InChI is InChI=1S/C10H7F13/c1-3(5(11)12)4(6(2,13)8(15,16)17)7(14,9(18,19)20)10(21,22)23/h5H,1-2H3/b4-3-. The van der Waals surface area contributed by atoms with E-state index in [2.05, 4.69) is 0 Å². The van der Waals surface area contributed by atoms with Crippen molar-refractivity contribution in [2.45, 2.75) is 50.1 Å². The van der Waals surface area contributed by atoms with Crippen molar-refractivity contribution in [3.05, 3.63) is 11.1 Å². The lowest BCUT2D eigenvalue weighted by Gasteiger charge is -2.39. The molecule has 0 saturated heterocycles. The number of hydrogen-bond donors (Lipinski definition) is 0. The molecule has 0 radical (unpaired) electrons. The molecule has 0 heterocycles. The van der Waals surface area contributed by atoms with Crippen LogP contribution in [-0.4, -0.2) is 36.3 Å². The molecule has 0 aliphatic carbocycles. The Morgan fingerprint density at radius 2 is 0.957 bits per heavy atom. The molecule has 1 atom stereocenters. The SMILES string of the molecule is C/C(=C(\C(C)(F)C(F)(F)F)C(F)(C(F)(F)F)C(F)(F)F)C(F)F. The fourth-order valence-corrected chi connectivity index (χ4v) is 1.66. The molecule has 13 heteroatoms. The first-order valence-corrected chi connectivity index (χ1v) is 5.30. The van der Waals surface area contributed by atoms with E-state index in [4.69, 9.17) is 0 Å². The van der Waals surface area contributed by atoms with Crippen molar-refractivity contribution in [2.24, 2.45) is 0 Å². The molecule has 0 N–H and O–H groups in total. The van der Waals surface area contributed by atoms with E-state index >= 15 is 0 Å². The van der Waals surface area contributed by atoms with E-state index in [1.54, 1.807) is 0 Å². The normalized spacial score (nSPS) is 18.8. The molecule has 0 nitrogen and oxygen atoms in total. The third-order valence-corrected chi connectivity index (χ3v) is 2.85. The Morgan fingerprint density at radius 3 is 1.13 bits per heavy atom.